The highest BCUT2D eigenvalue weighted by atomic mass is 32.2. The minimum Gasteiger partial charge on any atom is -0.478 e. The standard InChI is InChI=1S/C17H26N2O5S/c1-2-3-4-9-19-25(22,23)16-11-13(17(20)21)7-8-15(16)18-12-14-6-5-10-24-14/h7-8,11,14,18-19H,2-6,9-10,12H2,1H3,(H,20,21)/t14-/m1/s1. The molecule has 0 aliphatic carbocycles. The van der Waals surface area contributed by atoms with Crippen molar-refractivity contribution in [3.05, 3.63) is 23.8 Å². The number of hydrogen-bond acceptors (Lipinski definition) is 5. The fraction of sp³-hybridized carbons (Fsp3) is 0.588. The van der Waals surface area contributed by atoms with E-state index < -0.39 is 16.0 Å². The van der Waals surface area contributed by atoms with E-state index in [2.05, 4.69) is 10.0 Å². The Kier molecular flexibility index (Phi) is 7.22. The molecule has 1 aliphatic heterocycles. The fourth-order valence-corrected chi connectivity index (χ4v) is 3.99. The molecule has 1 aromatic carbocycles. The van der Waals surface area contributed by atoms with Crippen LogP contribution >= 0.6 is 0 Å². The quantitative estimate of drug-likeness (QED) is 0.547. The lowest BCUT2D eigenvalue weighted by molar-refractivity contribution is 0.0696. The van der Waals surface area contributed by atoms with Crippen LogP contribution in [0.25, 0.3) is 0 Å². The normalized spacial score (nSPS) is 17.6. The highest BCUT2D eigenvalue weighted by molar-refractivity contribution is 7.89. The number of hydrogen-bond donors (Lipinski definition) is 3. The highest BCUT2D eigenvalue weighted by Crippen LogP contribution is 2.24. The van der Waals surface area contributed by atoms with Gasteiger partial charge in [-0.2, -0.15) is 0 Å². The summed E-state index contributed by atoms with van der Waals surface area (Å²) in [6.45, 7) is 3.58. The summed E-state index contributed by atoms with van der Waals surface area (Å²) < 4.78 is 33.3. The third kappa shape index (κ3) is 5.69. The third-order valence-corrected chi connectivity index (χ3v) is 5.64. The number of sulfonamides is 1. The van der Waals surface area contributed by atoms with E-state index in [4.69, 9.17) is 9.84 Å². The molecule has 7 nitrogen and oxygen atoms in total. The maximum absolute atomic E-state index is 12.6. The topological polar surface area (TPSA) is 105 Å². The lowest BCUT2D eigenvalue weighted by atomic mass is 10.2. The van der Waals surface area contributed by atoms with Crippen LogP contribution in [0.3, 0.4) is 0 Å². The van der Waals surface area contributed by atoms with Gasteiger partial charge in [0.15, 0.2) is 0 Å². The highest BCUT2D eigenvalue weighted by Gasteiger charge is 2.22. The first kappa shape index (κ1) is 19.7. The van der Waals surface area contributed by atoms with Crippen LogP contribution in [0.4, 0.5) is 5.69 Å². The van der Waals surface area contributed by atoms with Gasteiger partial charge >= 0.3 is 5.97 Å². The second kappa shape index (κ2) is 9.17. The molecule has 0 spiro atoms. The number of ether oxygens (including phenoxy) is 1. The summed E-state index contributed by atoms with van der Waals surface area (Å²) in [4.78, 5) is 11.2. The maximum atomic E-state index is 12.6. The number of nitrogens with one attached hydrogen (secondary N) is 2. The van der Waals surface area contributed by atoms with E-state index in [9.17, 15) is 13.2 Å². The van der Waals surface area contributed by atoms with Gasteiger partial charge in [-0.3, -0.25) is 0 Å². The van der Waals surface area contributed by atoms with Crippen molar-refractivity contribution in [3.63, 3.8) is 0 Å². The first-order chi connectivity index (χ1) is 11.9. The molecule has 1 saturated heterocycles. The van der Waals surface area contributed by atoms with Crippen LogP contribution < -0.4 is 10.0 Å². The average Bonchev–Trinajstić information content (AvgIpc) is 3.10. The molecular formula is C17H26N2O5S. The van der Waals surface area contributed by atoms with E-state index in [1.165, 1.54) is 18.2 Å². The zero-order valence-electron chi connectivity index (χ0n) is 14.5. The molecular weight excluding hydrogens is 344 g/mol. The number of carboxylic acid groups (broad SMARTS) is 1. The molecule has 0 bridgehead atoms. The van der Waals surface area contributed by atoms with E-state index in [1.54, 1.807) is 0 Å². The van der Waals surface area contributed by atoms with Gasteiger partial charge in [0.1, 0.15) is 4.90 Å². The van der Waals surface area contributed by atoms with Gasteiger partial charge in [-0.25, -0.2) is 17.9 Å². The molecule has 1 aromatic rings. The Bertz CT molecular complexity index is 684. The first-order valence-electron chi connectivity index (χ1n) is 8.66. The zero-order valence-corrected chi connectivity index (χ0v) is 15.3. The van der Waals surface area contributed by atoms with Gasteiger partial charge < -0.3 is 15.2 Å². The number of carboxylic acids is 1. The van der Waals surface area contributed by atoms with Gasteiger partial charge in [-0.15, -0.1) is 0 Å². The molecule has 1 fully saturated rings. The van der Waals surface area contributed by atoms with Crippen molar-refractivity contribution in [2.24, 2.45) is 0 Å². The number of rotatable bonds is 10. The predicted octanol–water partition coefficient (Wildman–Crippen LogP) is 2.44. The molecule has 1 heterocycles. The Balaban J connectivity index is 2.18. The predicted molar refractivity (Wildman–Crippen MR) is 95.6 cm³/mol. The van der Waals surface area contributed by atoms with Crippen molar-refractivity contribution in [2.75, 3.05) is 25.0 Å². The molecule has 1 atom stereocenters. The van der Waals surface area contributed by atoms with Crippen molar-refractivity contribution in [2.45, 2.75) is 50.0 Å². The Hall–Kier alpha value is -1.64. The fourth-order valence-electron chi connectivity index (χ4n) is 2.71. The lowest BCUT2D eigenvalue weighted by Gasteiger charge is -2.16. The Morgan fingerprint density at radius 3 is 2.80 bits per heavy atom. The van der Waals surface area contributed by atoms with Crippen molar-refractivity contribution in [1.29, 1.82) is 0 Å². The van der Waals surface area contributed by atoms with Crippen molar-refractivity contribution in [3.8, 4) is 0 Å². The summed E-state index contributed by atoms with van der Waals surface area (Å²) in [7, 11) is -3.79. The number of benzene rings is 1. The summed E-state index contributed by atoms with van der Waals surface area (Å²) in [5.74, 6) is -1.16. The molecule has 0 radical (unpaired) electrons. The Morgan fingerprint density at radius 1 is 1.36 bits per heavy atom. The number of anilines is 1. The van der Waals surface area contributed by atoms with Crippen LogP contribution in [0, 0.1) is 0 Å². The molecule has 25 heavy (non-hydrogen) atoms. The van der Waals surface area contributed by atoms with Crippen molar-refractivity contribution < 1.29 is 23.1 Å². The summed E-state index contributed by atoms with van der Waals surface area (Å²) in [5.41, 5.74) is 0.333. The van der Waals surface area contributed by atoms with E-state index in [0.717, 1.165) is 32.1 Å². The minimum atomic E-state index is -3.79. The maximum Gasteiger partial charge on any atom is 0.335 e. The SMILES string of the molecule is CCCCCNS(=O)(=O)c1cc(C(=O)O)ccc1NC[C@H]1CCCO1. The molecule has 0 amide bonds. The minimum absolute atomic E-state index is 0.0399. The van der Waals surface area contributed by atoms with Gasteiger partial charge in [-0.1, -0.05) is 19.8 Å². The first-order valence-corrected chi connectivity index (χ1v) is 10.1. The number of aromatic carboxylic acids is 1. The van der Waals surface area contributed by atoms with Crippen LogP contribution in [0.15, 0.2) is 23.1 Å². The molecule has 140 valence electrons. The summed E-state index contributed by atoms with van der Waals surface area (Å²) in [6.07, 6.45) is 4.64. The molecule has 1 aliphatic rings. The van der Waals surface area contributed by atoms with Gasteiger partial charge in [0.05, 0.1) is 17.4 Å². The molecule has 0 aromatic heterocycles. The largest absolute Gasteiger partial charge is 0.478 e. The van der Waals surface area contributed by atoms with Crippen LogP contribution in [-0.4, -0.2) is 45.3 Å². The molecule has 0 unspecified atom stereocenters. The second-order valence-electron chi connectivity index (χ2n) is 6.14. The van der Waals surface area contributed by atoms with E-state index in [-0.39, 0.29) is 16.6 Å². The molecule has 2 rings (SSSR count). The van der Waals surface area contributed by atoms with Gasteiger partial charge in [0.25, 0.3) is 0 Å². The van der Waals surface area contributed by atoms with Crippen molar-refractivity contribution >= 4 is 21.7 Å². The van der Waals surface area contributed by atoms with E-state index in [0.29, 0.717) is 25.4 Å². The molecule has 3 N–H and O–H groups in total. The van der Waals surface area contributed by atoms with E-state index in [1.807, 2.05) is 6.92 Å². The van der Waals surface area contributed by atoms with Crippen LogP contribution in [0.2, 0.25) is 0 Å². The van der Waals surface area contributed by atoms with Crippen molar-refractivity contribution in [1.82, 2.24) is 4.72 Å². The number of unbranched alkanes of at least 4 members (excludes halogenated alkanes) is 2. The molecule has 0 saturated carbocycles. The summed E-state index contributed by atoms with van der Waals surface area (Å²) in [5, 5.41) is 12.3. The third-order valence-electron chi connectivity index (χ3n) is 4.13. The Labute approximate surface area is 148 Å². The molecule has 8 heteroatoms. The van der Waals surface area contributed by atoms with Crippen LogP contribution in [0.1, 0.15) is 49.4 Å². The Morgan fingerprint density at radius 2 is 2.16 bits per heavy atom. The lowest BCUT2D eigenvalue weighted by Crippen LogP contribution is -2.27. The van der Waals surface area contributed by atoms with Crippen LogP contribution in [0.5, 0.6) is 0 Å². The van der Waals surface area contributed by atoms with Gasteiger partial charge in [0.2, 0.25) is 10.0 Å². The van der Waals surface area contributed by atoms with Gasteiger partial charge in [-0.05, 0) is 37.5 Å². The monoisotopic (exact) mass is 370 g/mol. The zero-order chi connectivity index (χ0) is 18.3. The number of carbonyl (C=O) groups is 1. The van der Waals surface area contributed by atoms with E-state index >= 15 is 0 Å². The van der Waals surface area contributed by atoms with Gasteiger partial charge in [0, 0.05) is 19.7 Å². The smallest absolute Gasteiger partial charge is 0.335 e. The average molecular weight is 370 g/mol. The summed E-state index contributed by atoms with van der Waals surface area (Å²) in [6, 6.07) is 4.09. The van der Waals surface area contributed by atoms with Crippen LogP contribution in [-0.2, 0) is 14.8 Å². The summed E-state index contributed by atoms with van der Waals surface area (Å²) >= 11 is 0. The second-order valence-corrected chi connectivity index (χ2v) is 7.87.